The zero-order valence-corrected chi connectivity index (χ0v) is 17.2. The Morgan fingerprint density at radius 3 is 2.81 bits per heavy atom. The van der Waals surface area contributed by atoms with E-state index in [1.54, 1.807) is 32.5 Å². The van der Waals surface area contributed by atoms with Gasteiger partial charge in [0.15, 0.2) is 5.96 Å². The van der Waals surface area contributed by atoms with E-state index in [9.17, 15) is 4.39 Å². The average Bonchev–Trinajstić information content (AvgIpc) is 2.62. The van der Waals surface area contributed by atoms with Gasteiger partial charge in [-0.3, -0.25) is 4.99 Å². The van der Waals surface area contributed by atoms with Gasteiger partial charge in [0.05, 0.1) is 0 Å². The number of halogens is 2. The highest BCUT2D eigenvalue weighted by Gasteiger charge is 2.08. The van der Waals surface area contributed by atoms with E-state index in [-0.39, 0.29) is 29.8 Å². The highest BCUT2D eigenvalue weighted by molar-refractivity contribution is 14.0. The lowest BCUT2D eigenvalue weighted by Gasteiger charge is -2.14. The van der Waals surface area contributed by atoms with Crippen molar-refractivity contribution in [1.82, 2.24) is 15.6 Å². The molecule has 0 radical (unpaired) electrons. The molecule has 1 aromatic carbocycles. The molecule has 0 aliphatic heterocycles. The lowest BCUT2D eigenvalue weighted by Crippen LogP contribution is -2.37. The Bertz CT molecular complexity index is 700. The van der Waals surface area contributed by atoms with Crippen molar-refractivity contribution in [2.24, 2.45) is 4.99 Å². The molecular weight excluding hydrogens is 450 g/mol. The lowest BCUT2D eigenvalue weighted by molar-refractivity contribution is 0.195. The van der Waals surface area contributed by atoms with Crippen LogP contribution in [-0.4, -0.2) is 38.3 Å². The summed E-state index contributed by atoms with van der Waals surface area (Å²) in [4.78, 5) is 8.40. The predicted molar refractivity (Wildman–Crippen MR) is 111 cm³/mol. The topological polar surface area (TPSA) is 67.8 Å². The zero-order valence-electron chi connectivity index (χ0n) is 14.9. The number of hydrogen-bond donors (Lipinski definition) is 2. The third kappa shape index (κ3) is 7.52. The smallest absolute Gasteiger partial charge is 0.224 e. The molecule has 2 rings (SSSR count). The summed E-state index contributed by atoms with van der Waals surface area (Å²) in [6, 6.07) is 9.69. The minimum Gasteiger partial charge on any atom is -0.439 e. The van der Waals surface area contributed by atoms with Crippen molar-refractivity contribution in [3.63, 3.8) is 0 Å². The molecule has 8 heteroatoms. The second-order valence-electron chi connectivity index (χ2n) is 5.23. The fourth-order valence-corrected chi connectivity index (χ4v) is 2.12. The number of methoxy groups -OCH3 is 1. The van der Waals surface area contributed by atoms with Crippen LogP contribution in [0, 0.1) is 5.82 Å². The summed E-state index contributed by atoms with van der Waals surface area (Å²) in [6.07, 6.45) is 2.52. The quantitative estimate of drug-likeness (QED) is 0.266. The van der Waals surface area contributed by atoms with E-state index in [0.717, 1.165) is 18.5 Å². The molecule has 26 heavy (non-hydrogen) atoms. The third-order valence-electron chi connectivity index (χ3n) is 3.35. The third-order valence-corrected chi connectivity index (χ3v) is 3.35. The van der Waals surface area contributed by atoms with Crippen LogP contribution in [0.15, 0.2) is 47.6 Å². The van der Waals surface area contributed by atoms with Gasteiger partial charge in [0.25, 0.3) is 0 Å². The molecule has 0 saturated carbocycles. The standard InChI is InChI=1S/C18H23FN4O2.HI/c1-20-18(22-10-5-11-24-2)23-13-14-6-4-9-21-17(14)25-16-8-3-7-15(19)12-16;/h3-4,6-9,12H,5,10-11,13H2,1-2H3,(H2,20,22,23);1H. The SMILES string of the molecule is CN=C(NCCCOC)NCc1cccnc1Oc1cccc(F)c1.I. The summed E-state index contributed by atoms with van der Waals surface area (Å²) in [6.45, 7) is 1.92. The summed E-state index contributed by atoms with van der Waals surface area (Å²) in [5.74, 6) is 1.16. The van der Waals surface area contributed by atoms with Gasteiger partial charge in [0.1, 0.15) is 11.6 Å². The number of benzene rings is 1. The number of aromatic nitrogens is 1. The molecule has 0 aliphatic carbocycles. The first-order valence-corrected chi connectivity index (χ1v) is 8.03. The molecule has 0 unspecified atom stereocenters. The zero-order chi connectivity index (χ0) is 17.9. The molecule has 0 saturated heterocycles. The maximum Gasteiger partial charge on any atom is 0.224 e. The van der Waals surface area contributed by atoms with Gasteiger partial charge in [-0.15, -0.1) is 24.0 Å². The summed E-state index contributed by atoms with van der Waals surface area (Å²) in [7, 11) is 3.38. The van der Waals surface area contributed by atoms with E-state index < -0.39 is 0 Å². The molecule has 2 aromatic rings. The molecule has 142 valence electrons. The van der Waals surface area contributed by atoms with Crippen LogP contribution in [0.25, 0.3) is 0 Å². The van der Waals surface area contributed by atoms with Crippen molar-refractivity contribution >= 4 is 29.9 Å². The van der Waals surface area contributed by atoms with Crippen LogP contribution in [0.1, 0.15) is 12.0 Å². The fourth-order valence-electron chi connectivity index (χ4n) is 2.12. The van der Waals surface area contributed by atoms with E-state index in [0.29, 0.717) is 30.7 Å². The number of aliphatic imine (C=N–C) groups is 1. The van der Waals surface area contributed by atoms with Crippen LogP contribution in [-0.2, 0) is 11.3 Å². The first-order valence-electron chi connectivity index (χ1n) is 8.03. The van der Waals surface area contributed by atoms with Crippen molar-refractivity contribution < 1.29 is 13.9 Å². The molecule has 0 bridgehead atoms. The minimum atomic E-state index is -0.353. The summed E-state index contributed by atoms with van der Waals surface area (Å²) >= 11 is 0. The normalized spacial score (nSPS) is 10.8. The van der Waals surface area contributed by atoms with Crippen LogP contribution in [0.5, 0.6) is 11.6 Å². The van der Waals surface area contributed by atoms with E-state index in [2.05, 4.69) is 20.6 Å². The Balaban J connectivity index is 0.00000338. The highest BCUT2D eigenvalue weighted by atomic mass is 127. The van der Waals surface area contributed by atoms with E-state index >= 15 is 0 Å². The maximum atomic E-state index is 13.3. The summed E-state index contributed by atoms with van der Waals surface area (Å²) < 4.78 is 24.0. The second-order valence-corrected chi connectivity index (χ2v) is 5.23. The lowest BCUT2D eigenvalue weighted by atomic mass is 10.2. The predicted octanol–water partition coefficient (Wildman–Crippen LogP) is 3.33. The van der Waals surface area contributed by atoms with Crippen LogP contribution < -0.4 is 15.4 Å². The van der Waals surface area contributed by atoms with Crippen LogP contribution in [0.4, 0.5) is 4.39 Å². The van der Waals surface area contributed by atoms with Gasteiger partial charge in [0.2, 0.25) is 5.88 Å². The fraction of sp³-hybridized carbons (Fsp3) is 0.333. The van der Waals surface area contributed by atoms with Crippen molar-refractivity contribution in [2.75, 3.05) is 27.3 Å². The van der Waals surface area contributed by atoms with E-state index in [1.807, 2.05) is 12.1 Å². The molecule has 0 fully saturated rings. The highest BCUT2D eigenvalue weighted by Crippen LogP contribution is 2.23. The Morgan fingerprint density at radius 1 is 1.23 bits per heavy atom. The minimum absolute atomic E-state index is 0. The van der Waals surface area contributed by atoms with Gasteiger partial charge in [0, 0.05) is 51.7 Å². The number of guanidine groups is 1. The molecule has 1 heterocycles. The number of nitrogens with one attached hydrogen (secondary N) is 2. The number of hydrogen-bond acceptors (Lipinski definition) is 4. The van der Waals surface area contributed by atoms with E-state index in [1.165, 1.54) is 12.1 Å². The van der Waals surface area contributed by atoms with E-state index in [4.69, 9.17) is 9.47 Å². The van der Waals surface area contributed by atoms with Crippen molar-refractivity contribution in [2.45, 2.75) is 13.0 Å². The Kier molecular flexibility index (Phi) is 10.6. The number of pyridine rings is 1. The first kappa shape index (κ1) is 22.1. The van der Waals surface area contributed by atoms with Gasteiger partial charge in [-0.1, -0.05) is 12.1 Å². The van der Waals surface area contributed by atoms with Gasteiger partial charge < -0.3 is 20.1 Å². The molecule has 6 nitrogen and oxygen atoms in total. The largest absolute Gasteiger partial charge is 0.439 e. The van der Waals surface area contributed by atoms with Crippen molar-refractivity contribution in [1.29, 1.82) is 0 Å². The molecule has 1 aromatic heterocycles. The Labute approximate surface area is 170 Å². The average molecular weight is 474 g/mol. The number of nitrogens with zero attached hydrogens (tertiary/aromatic N) is 2. The maximum absolute atomic E-state index is 13.3. The van der Waals surface area contributed by atoms with Crippen LogP contribution >= 0.6 is 24.0 Å². The Morgan fingerprint density at radius 2 is 2.08 bits per heavy atom. The van der Waals surface area contributed by atoms with Crippen molar-refractivity contribution in [3.05, 3.63) is 54.0 Å². The molecule has 0 atom stereocenters. The monoisotopic (exact) mass is 474 g/mol. The summed E-state index contributed by atoms with van der Waals surface area (Å²) in [5, 5.41) is 6.40. The van der Waals surface area contributed by atoms with Gasteiger partial charge in [-0.2, -0.15) is 0 Å². The van der Waals surface area contributed by atoms with Crippen LogP contribution in [0.2, 0.25) is 0 Å². The van der Waals surface area contributed by atoms with Crippen LogP contribution in [0.3, 0.4) is 0 Å². The van der Waals surface area contributed by atoms with Gasteiger partial charge in [-0.05, 0) is 24.6 Å². The Hall–Kier alpha value is -1.94. The first-order chi connectivity index (χ1) is 12.2. The van der Waals surface area contributed by atoms with Gasteiger partial charge in [-0.25, -0.2) is 9.37 Å². The number of ether oxygens (including phenoxy) is 2. The molecule has 0 aliphatic rings. The second kappa shape index (κ2) is 12.4. The molecule has 0 spiro atoms. The van der Waals surface area contributed by atoms with Gasteiger partial charge >= 0.3 is 0 Å². The molecular formula is C18H24FIN4O2. The van der Waals surface area contributed by atoms with Crippen molar-refractivity contribution in [3.8, 4) is 11.6 Å². The molecule has 0 amide bonds. The summed E-state index contributed by atoms with van der Waals surface area (Å²) in [5.41, 5.74) is 0.839. The number of rotatable bonds is 8. The molecule has 2 N–H and O–H groups in total.